The first-order chi connectivity index (χ1) is 17.3. The zero-order chi connectivity index (χ0) is 22.7. The van der Waals surface area contributed by atoms with Gasteiger partial charge in [0.2, 0.25) is 0 Å². The number of nitrogens with zero attached hydrogens (tertiary/aromatic N) is 2. The standard InChI is InChI=1S/C33H22N2/c1-3-7-26-19(5-1)11-22-13-23-14-24-15-25-12-21-9-10-34-18-31(21)35-30-8-4-2-6-20(30)16-29(33(25)35)32(24)28(23)17-27(22)26/h1-10,13,15,17-18H,11-12,14,16H2. The molecule has 164 valence electrons. The second-order valence-electron chi connectivity index (χ2n) is 10.4. The highest BCUT2D eigenvalue weighted by atomic mass is 15.2. The van der Waals surface area contributed by atoms with Crippen LogP contribution in [0.2, 0.25) is 0 Å². The highest BCUT2D eigenvalue weighted by Gasteiger charge is 2.36. The van der Waals surface area contributed by atoms with E-state index in [2.05, 4.69) is 88.9 Å². The average molecular weight is 447 g/mol. The van der Waals surface area contributed by atoms with Gasteiger partial charge in [0.05, 0.1) is 17.6 Å². The molecule has 0 bridgehead atoms. The predicted molar refractivity (Wildman–Crippen MR) is 141 cm³/mol. The van der Waals surface area contributed by atoms with Gasteiger partial charge in [0.1, 0.15) is 0 Å². The van der Waals surface area contributed by atoms with Gasteiger partial charge < -0.3 is 4.90 Å². The van der Waals surface area contributed by atoms with Gasteiger partial charge >= 0.3 is 0 Å². The smallest absolute Gasteiger partial charge is 0.0680 e. The number of benzene rings is 4. The molecule has 4 aliphatic rings. The largest absolute Gasteiger partial charge is 0.308 e. The normalized spacial score (nSPS) is 14.9. The van der Waals surface area contributed by atoms with E-state index < -0.39 is 0 Å². The summed E-state index contributed by atoms with van der Waals surface area (Å²) in [6.07, 6.45) is 8.05. The zero-order valence-electron chi connectivity index (χ0n) is 19.3. The number of fused-ring (bicyclic) bond motifs is 11. The van der Waals surface area contributed by atoms with Gasteiger partial charge in [-0.3, -0.25) is 4.98 Å². The van der Waals surface area contributed by atoms with Crippen LogP contribution in [0.4, 0.5) is 17.1 Å². The van der Waals surface area contributed by atoms with Gasteiger partial charge in [-0.1, -0.05) is 54.6 Å². The van der Waals surface area contributed by atoms with Crippen LogP contribution >= 0.6 is 0 Å². The number of hydrogen-bond acceptors (Lipinski definition) is 2. The maximum Gasteiger partial charge on any atom is 0.0680 e. The molecule has 0 N–H and O–H groups in total. The van der Waals surface area contributed by atoms with Crippen molar-refractivity contribution >= 4 is 17.1 Å². The third-order valence-electron chi connectivity index (χ3n) is 8.56. The summed E-state index contributed by atoms with van der Waals surface area (Å²) >= 11 is 0. The Morgan fingerprint density at radius 3 is 2.26 bits per heavy atom. The van der Waals surface area contributed by atoms with Gasteiger partial charge in [0.15, 0.2) is 0 Å². The Hall–Kier alpha value is -4.17. The van der Waals surface area contributed by atoms with Crippen LogP contribution in [0.3, 0.4) is 0 Å². The first-order valence-electron chi connectivity index (χ1n) is 12.6. The van der Waals surface area contributed by atoms with Crippen molar-refractivity contribution < 1.29 is 0 Å². The van der Waals surface area contributed by atoms with Crippen LogP contribution in [0, 0.1) is 0 Å². The van der Waals surface area contributed by atoms with Crippen LogP contribution in [0.15, 0.2) is 85.2 Å². The minimum atomic E-state index is 0.979. The molecule has 0 atom stereocenters. The molecular formula is C33H22N2. The van der Waals surface area contributed by atoms with Gasteiger partial charge in [-0.15, -0.1) is 0 Å². The van der Waals surface area contributed by atoms with Crippen LogP contribution in [-0.2, 0) is 25.7 Å². The third kappa shape index (κ3) is 2.27. The SMILES string of the molecule is c1ccc2c(c1)Cc1cc3c(cc1-2)-c1c(cc2c4c1Cc1ccccc1N4c1cnccc1C2)C3. The van der Waals surface area contributed by atoms with Crippen molar-refractivity contribution in [1.82, 2.24) is 4.98 Å². The van der Waals surface area contributed by atoms with Gasteiger partial charge in [0.25, 0.3) is 0 Å². The Morgan fingerprint density at radius 1 is 0.543 bits per heavy atom. The van der Waals surface area contributed by atoms with Crippen molar-refractivity contribution in [3.05, 3.63) is 130 Å². The molecule has 3 heterocycles. The summed E-state index contributed by atoms with van der Waals surface area (Å²) in [5.41, 5.74) is 21.4. The molecule has 0 amide bonds. The van der Waals surface area contributed by atoms with Crippen LogP contribution in [-0.4, -0.2) is 4.98 Å². The molecule has 0 fully saturated rings. The average Bonchev–Trinajstić information content (AvgIpc) is 3.44. The predicted octanol–water partition coefficient (Wildman–Crippen LogP) is 7.50. The van der Waals surface area contributed by atoms with Crippen LogP contribution in [0.25, 0.3) is 22.3 Å². The van der Waals surface area contributed by atoms with E-state index in [1.807, 2.05) is 6.20 Å². The van der Waals surface area contributed by atoms with E-state index in [0.29, 0.717) is 0 Å². The number of rotatable bonds is 0. The van der Waals surface area contributed by atoms with Crippen molar-refractivity contribution in [2.75, 3.05) is 4.90 Å². The zero-order valence-corrected chi connectivity index (χ0v) is 19.3. The summed E-state index contributed by atoms with van der Waals surface area (Å²) in [6.45, 7) is 0. The van der Waals surface area contributed by atoms with Gasteiger partial charge in [0, 0.05) is 24.7 Å². The summed E-state index contributed by atoms with van der Waals surface area (Å²) < 4.78 is 0. The highest BCUT2D eigenvalue weighted by Crippen LogP contribution is 2.55. The van der Waals surface area contributed by atoms with Crippen molar-refractivity contribution in [2.24, 2.45) is 0 Å². The molecule has 2 heteroatoms. The van der Waals surface area contributed by atoms with E-state index in [0.717, 1.165) is 25.7 Å². The van der Waals surface area contributed by atoms with E-state index >= 15 is 0 Å². The maximum absolute atomic E-state index is 4.52. The van der Waals surface area contributed by atoms with Gasteiger partial charge in [-0.25, -0.2) is 0 Å². The fourth-order valence-electron chi connectivity index (χ4n) is 7.15. The van der Waals surface area contributed by atoms with E-state index in [-0.39, 0.29) is 0 Å². The highest BCUT2D eigenvalue weighted by molar-refractivity contribution is 5.96. The van der Waals surface area contributed by atoms with Crippen LogP contribution in [0.5, 0.6) is 0 Å². The Labute approximate surface area is 204 Å². The first kappa shape index (κ1) is 18.2. The Morgan fingerprint density at radius 2 is 1.29 bits per heavy atom. The quantitative estimate of drug-likeness (QED) is 0.240. The number of pyridine rings is 1. The fourth-order valence-corrected chi connectivity index (χ4v) is 7.15. The van der Waals surface area contributed by atoms with E-state index in [9.17, 15) is 0 Å². The lowest BCUT2D eigenvalue weighted by molar-refractivity contribution is 0.998. The number of para-hydroxylation sites is 1. The summed E-state index contributed by atoms with van der Waals surface area (Å²) in [4.78, 5) is 7.02. The molecule has 0 unspecified atom stereocenters. The molecule has 4 aromatic carbocycles. The van der Waals surface area contributed by atoms with Gasteiger partial charge in [-0.05, 0) is 97.8 Å². The summed E-state index contributed by atoms with van der Waals surface area (Å²) in [5.74, 6) is 0. The summed E-state index contributed by atoms with van der Waals surface area (Å²) in [7, 11) is 0. The van der Waals surface area contributed by atoms with Crippen molar-refractivity contribution in [1.29, 1.82) is 0 Å². The minimum Gasteiger partial charge on any atom is -0.308 e. The molecule has 0 spiro atoms. The molecule has 0 radical (unpaired) electrons. The lowest BCUT2D eigenvalue weighted by atomic mass is 9.82. The second kappa shape index (κ2) is 6.28. The first-order valence-corrected chi connectivity index (χ1v) is 12.6. The molecule has 0 saturated carbocycles. The Balaban J connectivity index is 1.33. The van der Waals surface area contributed by atoms with Crippen molar-refractivity contribution in [3.8, 4) is 22.3 Å². The van der Waals surface area contributed by atoms with E-state index in [1.165, 1.54) is 83.8 Å². The molecule has 2 aliphatic heterocycles. The van der Waals surface area contributed by atoms with Crippen molar-refractivity contribution in [2.45, 2.75) is 25.7 Å². The Bertz CT molecular complexity index is 1750. The number of aromatic nitrogens is 1. The lowest BCUT2D eigenvalue weighted by Crippen LogP contribution is -2.25. The lowest BCUT2D eigenvalue weighted by Gasteiger charge is -2.40. The summed E-state index contributed by atoms with van der Waals surface area (Å²) in [5, 5.41) is 0. The van der Waals surface area contributed by atoms with Crippen LogP contribution < -0.4 is 4.90 Å². The minimum absolute atomic E-state index is 0.979. The molecule has 2 aliphatic carbocycles. The molecule has 0 saturated heterocycles. The van der Waals surface area contributed by atoms with Gasteiger partial charge in [-0.2, -0.15) is 0 Å². The van der Waals surface area contributed by atoms with E-state index in [1.54, 1.807) is 0 Å². The van der Waals surface area contributed by atoms with Crippen molar-refractivity contribution in [3.63, 3.8) is 0 Å². The molecule has 9 rings (SSSR count). The molecule has 35 heavy (non-hydrogen) atoms. The number of hydrogen-bond donors (Lipinski definition) is 0. The number of anilines is 3. The molecule has 1 aromatic heterocycles. The molecule has 5 aromatic rings. The maximum atomic E-state index is 4.52. The topological polar surface area (TPSA) is 16.1 Å². The van der Waals surface area contributed by atoms with E-state index in [4.69, 9.17) is 0 Å². The monoisotopic (exact) mass is 446 g/mol. The molecular weight excluding hydrogens is 424 g/mol. The second-order valence-corrected chi connectivity index (χ2v) is 10.4. The fraction of sp³-hybridized carbons (Fsp3) is 0.121. The van der Waals surface area contributed by atoms with Crippen LogP contribution in [0.1, 0.15) is 44.5 Å². The summed E-state index contributed by atoms with van der Waals surface area (Å²) in [6, 6.07) is 27.6. The Kier molecular flexibility index (Phi) is 3.27. The molecule has 2 nitrogen and oxygen atoms in total. The third-order valence-corrected chi connectivity index (χ3v) is 8.56.